The largest absolute Gasteiger partial charge is 0.364 e. The molecule has 0 spiro atoms. The summed E-state index contributed by atoms with van der Waals surface area (Å²) in [7, 11) is 0. The second-order valence-electron chi connectivity index (χ2n) is 3.59. The summed E-state index contributed by atoms with van der Waals surface area (Å²) >= 11 is 0. The van der Waals surface area contributed by atoms with E-state index in [0.29, 0.717) is 5.69 Å². The van der Waals surface area contributed by atoms with Crippen LogP contribution in [0, 0.1) is 12.7 Å². The number of nitrogens with zero attached hydrogens (tertiary/aromatic N) is 3. The Hall–Kier alpha value is -2.57. The molecule has 2 N–H and O–H groups in total. The monoisotopic (exact) mass is 248 g/mol. The van der Waals surface area contributed by atoms with Gasteiger partial charge in [-0.2, -0.15) is 0 Å². The van der Waals surface area contributed by atoms with Gasteiger partial charge in [-0.05, 0) is 19.1 Å². The van der Waals surface area contributed by atoms with Crippen LogP contribution >= 0.6 is 0 Å². The van der Waals surface area contributed by atoms with Crippen molar-refractivity contribution in [2.75, 3.05) is 0 Å². The lowest BCUT2D eigenvalue weighted by Gasteiger charge is -2.08. The van der Waals surface area contributed by atoms with E-state index in [2.05, 4.69) is 9.97 Å². The van der Waals surface area contributed by atoms with Crippen LogP contribution in [0.15, 0.2) is 29.3 Å². The van der Waals surface area contributed by atoms with E-state index >= 15 is 0 Å². The van der Waals surface area contributed by atoms with Gasteiger partial charge in [0.1, 0.15) is 11.6 Å². The average molecular weight is 248 g/mol. The van der Waals surface area contributed by atoms with Crippen LogP contribution in [0.3, 0.4) is 0 Å². The lowest BCUT2D eigenvalue weighted by molar-refractivity contribution is 0.0993. The van der Waals surface area contributed by atoms with Crippen LogP contribution in [0.2, 0.25) is 0 Å². The van der Waals surface area contributed by atoms with E-state index in [0.717, 1.165) is 10.8 Å². The molecule has 2 aromatic rings. The maximum Gasteiger partial charge on any atom is 0.288 e. The molecular weight excluding hydrogens is 239 g/mol. The molecule has 0 aromatic carbocycles. The highest BCUT2D eigenvalue weighted by atomic mass is 19.1. The maximum atomic E-state index is 12.8. The highest BCUT2D eigenvalue weighted by Crippen LogP contribution is 2.05. The number of aryl methyl sites for hydroxylation is 1. The summed E-state index contributed by atoms with van der Waals surface area (Å²) in [5, 5.41) is 0. The van der Waals surface area contributed by atoms with Crippen molar-refractivity contribution in [3.05, 3.63) is 52.1 Å². The minimum absolute atomic E-state index is 0.198. The van der Waals surface area contributed by atoms with E-state index < -0.39 is 17.3 Å². The van der Waals surface area contributed by atoms with Gasteiger partial charge in [-0.15, -0.1) is 0 Å². The average Bonchev–Trinajstić information content (AvgIpc) is 2.31. The zero-order valence-corrected chi connectivity index (χ0v) is 9.42. The SMILES string of the molecule is Cc1cnc(C(N)=O)c(=O)n1-c1ccc(F)cn1. The van der Waals surface area contributed by atoms with Crippen LogP contribution in [0.25, 0.3) is 5.82 Å². The van der Waals surface area contributed by atoms with Crippen molar-refractivity contribution >= 4 is 5.91 Å². The molecule has 7 heteroatoms. The topological polar surface area (TPSA) is 90.9 Å². The number of aromatic nitrogens is 3. The third-order valence-electron chi connectivity index (χ3n) is 2.31. The van der Waals surface area contributed by atoms with Crippen molar-refractivity contribution in [1.29, 1.82) is 0 Å². The molecule has 0 aliphatic rings. The summed E-state index contributed by atoms with van der Waals surface area (Å²) in [6, 6.07) is 2.49. The Kier molecular flexibility index (Phi) is 2.88. The first kappa shape index (κ1) is 11.9. The van der Waals surface area contributed by atoms with E-state index in [1.54, 1.807) is 6.92 Å². The molecule has 0 aliphatic heterocycles. The molecule has 18 heavy (non-hydrogen) atoms. The summed E-state index contributed by atoms with van der Waals surface area (Å²) < 4.78 is 13.9. The van der Waals surface area contributed by atoms with Crippen LogP contribution < -0.4 is 11.3 Å². The van der Waals surface area contributed by atoms with E-state index in [-0.39, 0.29) is 11.5 Å². The van der Waals surface area contributed by atoms with Crippen molar-refractivity contribution < 1.29 is 9.18 Å². The van der Waals surface area contributed by atoms with Crippen LogP contribution in [0.5, 0.6) is 0 Å². The van der Waals surface area contributed by atoms with Crippen molar-refractivity contribution in [2.45, 2.75) is 6.92 Å². The first-order valence-corrected chi connectivity index (χ1v) is 5.01. The summed E-state index contributed by atoms with van der Waals surface area (Å²) in [5.41, 5.74) is 4.44. The Balaban J connectivity index is 2.71. The molecule has 0 fully saturated rings. The lowest BCUT2D eigenvalue weighted by atomic mass is 10.3. The Bertz CT molecular complexity index is 664. The van der Waals surface area contributed by atoms with E-state index in [9.17, 15) is 14.0 Å². The van der Waals surface area contributed by atoms with Gasteiger partial charge in [0.05, 0.1) is 6.20 Å². The van der Waals surface area contributed by atoms with Crippen LogP contribution in [0.4, 0.5) is 4.39 Å². The molecule has 92 valence electrons. The first-order valence-electron chi connectivity index (χ1n) is 5.01. The van der Waals surface area contributed by atoms with Crippen molar-refractivity contribution in [3.8, 4) is 5.82 Å². The number of carbonyl (C=O) groups is 1. The predicted molar refractivity (Wildman–Crippen MR) is 60.8 cm³/mol. The van der Waals surface area contributed by atoms with Gasteiger partial charge in [-0.1, -0.05) is 0 Å². The van der Waals surface area contributed by atoms with Crippen LogP contribution in [0.1, 0.15) is 16.2 Å². The van der Waals surface area contributed by atoms with E-state index in [1.807, 2.05) is 0 Å². The van der Waals surface area contributed by atoms with Gasteiger partial charge in [0.25, 0.3) is 11.5 Å². The summed E-state index contributed by atoms with van der Waals surface area (Å²) in [6.45, 7) is 1.62. The van der Waals surface area contributed by atoms with Crippen molar-refractivity contribution in [2.24, 2.45) is 5.73 Å². The number of hydrogen-bond donors (Lipinski definition) is 1. The molecule has 0 aliphatic carbocycles. The number of primary amides is 1. The molecule has 0 bridgehead atoms. The lowest BCUT2D eigenvalue weighted by Crippen LogP contribution is -2.31. The Morgan fingerprint density at radius 1 is 1.33 bits per heavy atom. The quantitative estimate of drug-likeness (QED) is 0.820. The number of halogens is 1. The molecule has 1 amide bonds. The van der Waals surface area contributed by atoms with Crippen LogP contribution in [-0.4, -0.2) is 20.4 Å². The van der Waals surface area contributed by atoms with Gasteiger partial charge in [0, 0.05) is 11.9 Å². The highest BCUT2D eigenvalue weighted by molar-refractivity contribution is 5.90. The van der Waals surface area contributed by atoms with Gasteiger partial charge in [0.15, 0.2) is 5.69 Å². The van der Waals surface area contributed by atoms with Gasteiger partial charge in [-0.3, -0.25) is 14.2 Å². The fourth-order valence-corrected chi connectivity index (χ4v) is 1.49. The van der Waals surface area contributed by atoms with Crippen molar-refractivity contribution in [3.63, 3.8) is 0 Å². The normalized spacial score (nSPS) is 10.3. The number of hydrogen-bond acceptors (Lipinski definition) is 4. The van der Waals surface area contributed by atoms with E-state index in [4.69, 9.17) is 5.73 Å². The molecule has 2 heterocycles. The second kappa shape index (κ2) is 4.36. The Morgan fingerprint density at radius 2 is 2.06 bits per heavy atom. The Morgan fingerprint density at radius 3 is 2.61 bits per heavy atom. The maximum absolute atomic E-state index is 12.8. The smallest absolute Gasteiger partial charge is 0.288 e. The summed E-state index contributed by atoms with van der Waals surface area (Å²) in [5.74, 6) is -1.24. The third kappa shape index (κ3) is 1.97. The fourth-order valence-electron chi connectivity index (χ4n) is 1.49. The molecule has 0 saturated carbocycles. The first-order chi connectivity index (χ1) is 8.50. The molecule has 0 saturated heterocycles. The van der Waals surface area contributed by atoms with E-state index in [1.165, 1.54) is 18.3 Å². The molecule has 2 rings (SSSR count). The number of pyridine rings is 1. The van der Waals surface area contributed by atoms with Gasteiger partial charge in [-0.25, -0.2) is 14.4 Å². The third-order valence-corrected chi connectivity index (χ3v) is 2.31. The van der Waals surface area contributed by atoms with Crippen molar-refractivity contribution in [1.82, 2.24) is 14.5 Å². The summed E-state index contributed by atoms with van der Waals surface area (Å²) in [6.07, 6.45) is 2.30. The number of nitrogens with two attached hydrogens (primary N) is 1. The van der Waals surface area contributed by atoms with Gasteiger partial charge < -0.3 is 5.73 Å². The molecular formula is C11H9FN4O2. The predicted octanol–water partition coefficient (Wildman–Crippen LogP) is 0.174. The Labute approximate surface area is 101 Å². The summed E-state index contributed by atoms with van der Waals surface area (Å²) in [4.78, 5) is 30.5. The fraction of sp³-hybridized carbons (Fsp3) is 0.0909. The zero-order valence-electron chi connectivity index (χ0n) is 9.42. The van der Waals surface area contributed by atoms with Gasteiger partial charge in [0.2, 0.25) is 0 Å². The minimum atomic E-state index is -0.920. The number of amides is 1. The molecule has 0 unspecified atom stereocenters. The van der Waals surface area contributed by atoms with Crippen LogP contribution in [-0.2, 0) is 0 Å². The van der Waals surface area contributed by atoms with Gasteiger partial charge >= 0.3 is 0 Å². The molecule has 2 aromatic heterocycles. The molecule has 0 radical (unpaired) electrons. The minimum Gasteiger partial charge on any atom is -0.364 e. The molecule has 0 atom stereocenters. The second-order valence-corrected chi connectivity index (χ2v) is 3.59. The standard InChI is InChI=1S/C11H9FN4O2/c1-6-4-15-9(10(13)17)11(18)16(6)8-3-2-7(12)5-14-8/h2-5H,1H3,(H2,13,17). The number of carbonyl (C=O) groups excluding carboxylic acids is 1. The number of rotatable bonds is 2. The zero-order chi connectivity index (χ0) is 13.3. The highest BCUT2D eigenvalue weighted by Gasteiger charge is 2.14. The molecule has 6 nitrogen and oxygen atoms in total.